The van der Waals surface area contributed by atoms with Crippen molar-refractivity contribution in [1.29, 1.82) is 0 Å². The molecule has 108 valence electrons. The van der Waals surface area contributed by atoms with E-state index in [0.717, 1.165) is 16.9 Å². The second-order valence-electron chi connectivity index (χ2n) is 4.42. The number of methoxy groups -OCH3 is 2. The first-order valence-corrected chi connectivity index (χ1v) is 6.57. The molecule has 0 fully saturated rings. The van der Waals surface area contributed by atoms with E-state index in [1.165, 1.54) is 0 Å². The summed E-state index contributed by atoms with van der Waals surface area (Å²) in [5, 5.41) is 8.06. The molecule has 2 aromatic rings. The lowest BCUT2D eigenvalue weighted by Crippen LogP contribution is -2.03. The van der Waals surface area contributed by atoms with Gasteiger partial charge in [0.05, 0.1) is 31.1 Å². The number of aromatic nitrogens is 2. The predicted molar refractivity (Wildman–Crippen MR) is 79.8 cm³/mol. The molecule has 0 atom stereocenters. The van der Waals surface area contributed by atoms with Crippen LogP contribution in [-0.4, -0.2) is 24.0 Å². The van der Waals surface area contributed by atoms with E-state index in [2.05, 4.69) is 10.4 Å². The highest BCUT2D eigenvalue weighted by Crippen LogP contribution is 2.36. The lowest BCUT2D eigenvalue weighted by molar-refractivity contribution is 0.404. The zero-order valence-electron chi connectivity index (χ0n) is 12.0. The van der Waals surface area contributed by atoms with Gasteiger partial charge in [-0.15, -0.1) is 0 Å². The zero-order chi connectivity index (χ0) is 14.7. The molecule has 2 rings (SSSR count). The first-order chi connectivity index (χ1) is 9.56. The second kappa shape index (κ2) is 6.05. The van der Waals surface area contributed by atoms with Crippen molar-refractivity contribution >= 4 is 17.3 Å². The molecule has 1 aromatic heterocycles. The molecule has 6 heteroatoms. The van der Waals surface area contributed by atoms with Crippen LogP contribution in [-0.2, 0) is 13.6 Å². The molecule has 1 aromatic carbocycles. The molecule has 5 nitrogen and oxygen atoms in total. The molecule has 0 aliphatic heterocycles. The largest absolute Gasteiger partial charge is 0.495 e. The van der Waals surface area contributed by atoms with E-state index in [1.807, 2.05) is 30.9 Å². The van der Waals surface area contributed by atoms with Gasteiger partial charge in [-0.1, -0.05) is 11.6 Å². The highest BCUT2D eigenvalue weighted by atomic mass is 35.5. The monoisotopic (exact) mass is 295 g/mol. The first kappa shape index (κ1) is 14.5. The molecular formula is C14H18ClN3O2. The Kier molecular flexibility index (Phi) is 4.39. The molecule has 0 amide bonds. The summed E-state index contributed by atoms with van der Waals surface area (Å²) < 4.78 is 12.4. The standard InChI is InChI=1S/C14H18ClN3O2/c1-9-10(8-17-18(9)2)7-16-12-6-13(19-3)11(15)5-14(12)20-4/h5-6,8,16H,7H2,1-4H3. The van der Waals surface area contributed by atoms with Crippen LogP contribution < -0.4 is 14.8 Å². The summed E-state index contributed by atoms with van der Waals surface area (Å²) in [7, 11) is 5.12. The van der Waals surface area contributed by atoms with Gasteiger partial charge in [-0.2, -0.15) is 5.10 Å². The van der Waals surface area contributed by atoms with Crippen LogP contribution >= 0.6 is 11.6 Å². The lowest BCUT2D eigenvalue weighted by Gasteiger charge is -2.13. The van der Waals surface area contributed by atoms with Gasteiger partial charge in [0.2, 0.25) is 0 Å². The summed E-state index contributed by atoms with van der Waals surface area (Å²) in [6.45, 7) is 2.69. The number of rotatable bonds is 5. The molecular weight excluding hydrogens is 278 g/mol. The minimum Gasteiger partial charge on any atom is -0.495 e. The van der Waals surface area contributed by atoms with Crippen LogP contribution in [0.1, 0.15) is 11.3 Å². The van der Waals surface area contributed by atoms with Crippen molar-refractivity contribution in [3.63, 3.8) is 0 Å². The van der Waals surface area contributed by atoms with Gasteiger partial charge in [-0.05, 0) is 6.92 Å². The van der Waals surface area contributed by atoms with E-state index >= 15 is 0 Å². The molecule has 20 heavy (non-hydrogen) atoms. The number of nitrogens with zero attached hydrogens (tertiary/aromatic N) is 2. The molecule has 0 radical (unpaired) electrons. The molecule has 1 N–H and O–H groups in total. The number of ether oxygens (including phenoxy) is 2. The van der Waals surface area contributed by atoms with Gasteiger partial charge in [-0.25, -0.2) is 0 Å². The normalized spacial score (nSPS) is 10.4. The number of hydrogen-bond acceptors (Lipinski definition) is 4. The van der Waals surface area contributed by atoms with E-state index in [4.69, 9.17) is 21.1 Å². The third kappa shape index (κ3) is 2.82. The van der Waals surface area contributed by atoms with Crippen LogP contribution in [0, 0.1) is 6.92 Å². The summed E-state index contributed by atoms with van der Waals surface area (Å²) in [6, 6.07) is 3.56. The molecule has 0 aliphatic carbocycles. The van der Waals surface area contributed by atoms with Gasteiger partial charge < -0.3 is 14.8 Å². The van der Waals surface area contributed by atoms with E-state index in [-0.39, 0.29) is 0 Å². The summed E-state index contributed by atoms with van der Waals surface area (Å²) in [6.07, 6.45) is 1.85. The van der Waals surface area contributed by atoms with Crippen molar-refractivity contribution in [3.05, 3.63) is 34.6 Å². The average Bonchev–Trinajstić information content (AvgIpc) is 2.77. The Morgan fingerprint density at radius 3 is 2.50 bits per heavy atom. The van der Waals surface area contributed by atoms with E-state index in [9.17, 15) is 0 Å². The topological polar surface area (TPSA) is 48.3 Å². The van der Waals surface area contributed by atoms with Crippen LogP contribution in [0.5, 0.6) is 11.5 Å². The number of hydrogen-bond donors (Lipinski definition) is 1. The quantitative estimate of drug-likeness (QED) is 0.921. The third-order valence-corrected chi connectivity index (χ3v) is 3.58. The maximum absolute atomic E-state index is 6.08. The Hall–Kier alpha value is -1.88. The number of halogens is 1. The van der Waals surface area contributed by atoms with E-state index < -0.39 is 0 Å². The van der Waals surface area contributed by atoms with Crippen LogP contribution in [0.2, 0.25) is 5.02 Å². The lowest BCUT2D eigenvalue weighted by atomic mass is 10.2. The number of nitrogens with one attached hydrogen (secondary N) is 1. The molecule has 0 saturated carbocycles. The smallest absolute Gasteiger partial charge is 0.143 e. The van der Waals surface area contributed by atoms with Crippen molar-refractivity contribution < 1.29 is 9.47 Å². The number of aryl methyl sites for hydroxylation is 1. The average molecular weight is 296 g/mol. The van der Waals surface area contributed by atoms with Gasteiger partial charge in [0, 0.05) is 37.0 Å². The molecule has 1 heterocycles. The maximum Gasteiger partial charge on any atom is 0.143 e. The summed E-state index contributed by atoms with van der Waals surface area (Å²) >= 11 is 6.08. The minimum atomic E-state index is 0.521. The van der Waals surface area contributed by atoms with Crippen molar-refractivity contribution in [2.45, 2.75) is 13.5 Å². The molecule has 0 unspecified atom stereocenters. The third-order valence-electron chi connectivity index (χ3n) is 3.28. The van der Waals surface area contributed by atoms with Gasteiger partial charge in [0.1, 0.15) is 11.5 Å². The molecule has 0 spiro atoms. The Morgan fingerprint density at radius 1 is 1.25 bits per heavy atom. The molecule has 0 bridgehead atoms. The summed E-state index contributed by atoms with van der Waals surface area (Å²) in [5.74, 6) is 1.29. The summed E-state index contributed by atoms with van der Waals surface area (Å²) in [5.41, 5.74) is 3.08. The predicted octanol–water partition coefficient (Wildman–Crippen LogP) is 3.01. The fourth-order valence-electron chi connectivity index (χ4n) is 1.91. The fraction of sp³-hybridized carbons (Fsp3) is 0.357. The van der Waals surface area contributed by atoms with Crippen molar-refractivity contribution in [3.8, 4) is 11.5 Å². The Bertz CT molecular complexity index is 611. The minimum absolute atomic E-state index is 0.521. The Morgan fingerprint density at radius 2 is 1.95 bits per heavy atom. The molecule has 0 saturated heterocycles. The van der Waals surface area contributed by atoms with Crippen LogP contribution in [0.4, 0.5) is 5.69 Å². The Balaban J connectivity index is 2.22. The van der Waals surface area contributed by atoms with E-state index in [1.54, 1.807) is 20.3 Å². The fourth-order valence-corrected chi connectivity index (χ4v) is 2.14. The van der Waals surface area contributed by atoms with Crippen molar-refractivity contribution in [1.82, 2.24) is 9.78 Å². The van der Waals surface area contributed by atoms with Crippen molar-refractivity contribution in [2.24, 2.45) is 7.05 Å². The van der Waals surface area contributed by atoms with Crippen LogP contribution in [0.25, 0.3) is 0 Å². The Labute approximate surface area is 123 Å². The molecule has 0 aliphatic rings. The number of anilines is 1. The second-order valence-corrected chi connectivity index (χ2v) is 4.83. The van der Waals surface area contributed by atoms with E-state index in [0.29, 0.717) is 23.1 Å². The number of benzene rings is 1. The van der Waals surface area contributed by atoms with Crippen LogP contribution in [0.3, 0.4) is 0 Å². The van der Waals surface area contributed by atoms with Gasteiger partial charge in [0.25, 0.3) is 0 Å². The summed E-state index contributed by atoms with van der Waals surface area (Å²) in [4.78, 5) is 0. The van der Waals surface area contributed by atoms with Crippen LogP contribution in [0.15, 0.2) is 18.3 Å². The van der Waals surface area contributed by atoms with Gasteiger partial charge in [0.15, 0.2) is 0 Å². The zero-order valence-corrected chi connectivity index (χ0v) is 12.8. The van der Waals surface area contributed by atoms with Crippen molar-refractivity contribution in [2.75, 3.05) is 19.5 Å². The highest BCUT2D eigenvalue weighted by Gasteiger charge is 2.11. The first-order valence-electron chi connectivity index (χ1n) is 6.19. The maximum atomic E-state index is 6.08. The van der Waals surface area contributed by atoms with Gasteiger partial charge in [-0.3, -0.25) is 4.68 Å². The SMILES string of the molecule is COc1cc(NCc2cnn(C)c2C)c(OC)cc1Cl. The van der Waals surface area contributed by atoms with Gasteiger partial charge >= 0.3 is 0 Å². The highest BCUT2D eigenvalue weighted by molar-refractivity contribution is 6.32.